The highest BCUT2D eigenvalue weighted by atomic mass is 35.5. The van der Waals surface area contributed by atoms with E-state index >= 15 is 0 Å². The Morgan fingerprint density at radius 3 is 2.39 bits per heavy atom. The molecule has 2 aromatic rings. The second-order valence-corrected chi connectivity index (χ2v) is 11.8. The van der Waals surface area contributed by atoms with E-state index in [-0.39, 0.29) is 27.6 Å². The van der Waals surface area contributed by atoms with Crippen LogP contribution in [0.1, 0.15) is 29.6 Å². The first-order valence-electron chi connectivity index (χ1n) is 10.9. The lowest BCUT2D eigenvalue weighted by atomic mass is 9.80. The maximum Gasteiger partial charge on any atom is 0.338 e. The molecule has 1 saturated heterocycles. The number of hydrogen-bond donors (Lipinski definition) is 3. The molecule has 36 heavy (non-hydrogen) atoms. The van der Waals surface area contributed by atoms with Crippen molar-refractivity contribution in [2.24, 2.45) is 11.8 Å². The highest BCUT2D eigenvalue weighted by molar-refractivity contribution is 7.92. The number of halogens is 4. The van der Waals surface area contributed by atoms with Gasteiger partial charge in [0.2, 0.25) is 0 Å². The zero-order valence-electron chi connectivity index (χ0n) is 18.3. The van der Waals surface area contributed by atoms with Crippen molar-refractivity contribution in [1.82, 2.24) is 0 Å². The predicted octanol–water partition coefficient (Wildman–Crippen LogP) is 2.60. The lowest BCUT2D eigenvalue weighted by molar-refractivity contribution is -0.158. The van der Waals surface area contributed by atoms with Gasteiger partial charge in [-0.2, -0.15) is 0 Å². The smallest absolute Gasteiger partial charge is 0.338 e. The number of carbonyl (C=O) groups excluding carboxylic acids is 2. The second-order valence-electron chi connectivity index (χ2n) is 9.28. The fraction of sp³-hybridized carbons (Fsp3) is 0.391. The van der Waals surface area contributed by atoms with Gasteiger partial charge < -0.3 is 20.3 Å². The summed E-state index contributed by atoms with van der Waals surface area (Å²) >= 11 is 6.20. The topological polar surface area (TPSA) is 130 Å². The average molecular weight is 546 g/mol. The van der Waals surface area contributed by atoms with Crippen LogP contribution >= 0.6 is 11.6 Å². The lowest BCUT2D eigenvalue weighted by Crippen LogP contribution is -2.49. The van der Waals surface area contributed by atoms with Gasteiger partial charge in [0.25, 0.3) is 5.91 Å². The molecule has 1 heterocycles. The molecule has 2 saturated carbocycles. The molecule has 1 aliphatic heterocycles. The van der Waals surface area contributed by atoms with Gasteiger partial charge in [-0.25, -0.2) is 26.4 Å². The number of sulfone groups is 1. The van der Waals surface area contributed by atoms with Crippen LogP contribution in [0.2, 0.25) is 5.02 Å². The van der Waals surface area contributed by atoms with Gasteiger partial charge in [-0.1, -0.05) is 11.6 Å². The van der Waals surface area contributed by atoms with Crippen molar-refractivity contribution >= 4 is 39.0 Å². The number of benzene rings is 2. The summed E-state index contributed by atoms with van der Waals surface area (Å²) in [6.07, 6.45) is -2.50. The van der Waals surface area contributed by atoms with Crippen LogP contribution in [0.5, 0.6) is 0 Å². The van der Waals surface area contributed by atoms with Gasteiger partial charge in [-0.3, -0.25) is 4.79 Å². The van der Waals surface area contributed by atoms with Crippen molar-refractivity contribution < 1.29 is 46.1 Å². The van der Waals surface area contributed by atoms with Crippen LogP contribution in [0.15, 0.2) is 35.2 Å². The molecule has 1 spiro atoms. The molecule has 2 aliphatic carbocycles. The Kier molecular flexibility index (Phi) is 5.86. The number of anilines is 1. The summed E-state index contributed by atoms with van der Waals surface area (Å²) in [6, 6.07) is 4.54. The Labute approximate surface area is 207 Å². The first kappa shape index (κ1) is 25.0. The van der Waals surface area contributed by atoms with Crippen molar-refractivity contribution in [3.63, 3.8) is 0 Å². The lowest BCUT2D eigenvalue weighted by Gasteiger charge is -2.35. The van der Waals surface area contributed by atoms with E-state index in [9.17, 15) is 41.4 Å². The summed E-state index contributed by atoms with van der Waals surface area (Å²) in [5, 5.41) is 21.3. The minimum atomic E-state index is -4.24. The summed E-state index contributed by atoms with van der Waals surface area (Å²) in [4.78, 5) is 24.2. The summed E-state index contributed by atoms with van der Waals surface area (Å²) in [7, 11) is -4.24. The number of hydrogen-bond acceptors (Lipinski definition) is 7. The highest BCUT2D eigenvalue weighted by Gasteiger charge is 2.70. The zero-order chi connectivity index (χ0) is 26.2. The molecule has 6 atom stereocenters. The summed E-state index contributed by atoms with van der Waals surface area (Å²) in [6.45, 7) is 0. The van der Waals surface area contributed by atoms with Crippen LogP contribution in [0.3, 0.4) is 0 Å². The largest absolute Gasteiger partial charge is 0.454 e. The number of aliphatic hydroxyl groups is 2. The Balaban J connectivity index is 1.46. The van der Waals surface area contributed by atoms with Crippen molar-refractivity contribution in [2.75, 3.05) is 5.32 Å². The first-order valence-corrected chi connectivity index (χ1v) is 12.9. The van der Waals surface area contributed by atoms with Gasteiger partial charge in [-0.15, -0.1) is 0 Å². The predicted molar refractivity (Wildman–Crippen MR) is 118 cm³/mol. The molecule has 2 aromatic carbocycles. The molecule has 192 valence electrons. The highest BCUT2D eigenvalue weighted by Crippen LogP contribution is 2.59. The van der Waals surface area contributed by atoms with E-state index in [4.69, 9.17) is 16.3 Å². The number of amides is 1. The molecule has 3 fully saturated rings. The standard InChI is InChI=1S/C23H19ClF3NO7S/c24-13-4-2-9(21(31)28-11-6-14(25)17(27)15(26)7-11)5-16(13)36(33,34)19-10-1-3-12(19)23(8-10)20(30)18(29)22(32)35-23/h2,4-7,10,12,18-20,29-30H,1,3,8H2,(H,28,31)/t10?,12?,18-,19+,20-,23+/m0/s1. The number of aliphatic hydroxyl groups excluding tert-OH is 2. The number of ether oxygens (including phenoxy) is 1. The molecule has 0 aromatic heterocycles. The Morgan fingerprint density at radius 1 is 1.11 bits per heavy atom. The van der Waals surface area contributed by atoms with Crippen LogP contribution < -0.4 is 5.32 Å². The van der Waals surface area contributed by atoms with Crippen LogP contribution in [0.25, 0.3) is 0 Å². The maximum atomic E-state index is 13.7. The average Bonchev–Trinajstić information content (AvgIpc) is 3.44. The third-order valence-corrected chi connectivity index (χ3v) is 10.2. The molecule has 1 amide bonds. The molecule has 8 nitrogen and oxygen atoms in total. The number of fused-ring (bicyclic) bond motifs is 3. The molecule has 3 N–H and O–H groups in total. The van der Waals surface area contributed by atoms with Crippen LogP contribution in [0.4, 0.5) is 18.9 Å². The van der Waals surface area contributed by atoms with Crippen molar-refractivity contribution in [3.05, 3.63) is 58.4 Å². The van der Waals surface area contributed by atoms with Gasteiger partial charge in [0.1, 0.15) is 11.7 Å². The summed E-state index contributed by atoms with van der Waals surface area (Å²) in [5.74, 6) is -7.99. The van der Waals surface area contributed by atoms with Crippen molar-refractivity contribution in [3.8, 4) is 0 Å². The van der Waals surface area contributed by atoms with Gasteiger partial charge in [0.05, 0.1) is 15.2 Å². The van der Waals surface area contributed by atoms with Crippen molar-refractivity contribution in [1.29, 1.82) is 0 Å². The van der Waals surface area contributed by atoms with E-state index in [0.717, 1.165) is 6.07 Å². The van der Waals surface area contributed by atoms with E-state index < -0.39 is 74.1 Å². The van der Waals surface area contributed by atoms with E-state index in [1.54, 1.807) is 0 Å². The van der Waals surface area contributed by atoms with E-state index in [1.165, 1.54) is 12.1 Å². The zero-order valence-corrected chi connectivity index (χ0v) is 19.8. The third kappa shape index (κ3) is 3.61. The summed E-state index contributed by atoms with van der Waals surface area (Å²) in [5.41, 5.74) is -2.12. The third-order valence-electron chi connectivity index (χ3n) is 7.35. The monoisotopic (exact) mass is 545 g/mol. The molecule has 2 unspecified atom stereocenters. The van der Waals surface area contributed by atoms with Gasteiger partial charge in [0, 0.05) is 29.3 Å². The number of rotatable bonds is 4. The Bertz CT molecular complexity index is 1380. The van der Waals surface area contributed by atoms with Gasteiger partial charge >= 0.3 is 5.97 Å². The SMILES string of the molecule is O=C(Nc1cc(F)c(F)c(F)c1)c1ccc(Cl)c(S(=O)(=O)[C@@H]2C3CCC2[C@@]2(C3)OC(=O)[C@@H](O)[C@@H]2O)c1. The Hall–Kier alpha value is -2.67. The number of nitrogens with one attached hydrogen (secondary N) is 1. The minimum absolute atomic E-state index is 0.0466. The molecule has 13 heteroatoms. The summed E-state index contributed by atoms with van der Waals surface area (Å²) < 4.78 is 73.0. The normalized spacial score (nSPS) is 31.2. The Morgan fingerprint density at radius 2 is 1.78 bits per heavy atom. The quantitative estimate of drug-likeness (QED) is 0.398. The van der Waals surface area contributed by atoms with Gasteiger partial charge in [0.15, 0.2) is 33.4 Å². The maximum absolute atomic E-state index is 13.7. The molecule has 2 bridgehead atoms. The molecular formula is C23H19ClF3NO7S. The molecule has 3 aliphatic rings. The van der Waals surface area contributed by atoms with E-state index in [2.05, 4.69) is 5.32 Å². The van der Waals surface area contributed by atoms with Gasteiger partial charge in [-0.05, 0) is 43.4 Å². The van der Waals surface area contributed by atoms with Crippen LogP contribution in [0, 0.1) is 29.3 Å². The van der Waals surface area contributed by atoms with Crippen LogP contribution in [-0.2, 0) is 19.4 Å². The molecular weight excluding hydrogens is 527 g/mol. The number of esters is 1. The van der Waals surface area contributed by atoms with E-state index in [0.29, 0.717) is 25.0 Å². The second kappa shape index (κ2) is 8.44. The van der Waals surface area contributed by atoms with E-state index in [1.807, 2.05) is 0 Å². The fourth-order valence-electron chi connectivity index (χ4n) is 5.82. The van der Waals surface area contributed by atoms with Crippen molar-refractivity contribution in [2.45, 2.75) is 47.2 Å². The van der Waals surface area contributed by atoms with Crippen LogP contribution in [-0.4, -0.2) is 53.6 Å². The number of carbonyl (C=O) groups is 2. The minimum Gasteiger partial charge on any atom is -0.454 e. The molecule has 0 radical (unpaired) electrons. The fourth-order valence-corrected chi connectivity index (χ4v) is 8.73. The first-order chi connectivity index (χ1) is 16.9. The molecule has 5 rings (SSSR count).